The molecule has 0 saturated carbocycles. The second-order valence-electron chi connectivity index (χ2n) is 5.47. The number of hydrogen-bond donors (Lipinski definition) is 0. The van der Waals surface area contributed by atoms with Gasteiger partial charge in [0.25, 0.3) is 0 Å². The van der Waals surface area contributed by atoms with Gasteiger partial charge < -0.3 is 9.80 Å². The van der Waals surface area contributed by atoms with Crippen LogP contribution in [0.1, 0.15) is 6.42 Å². The number of fused-ring (bicyclic) bond motifs is 1. The number of benzene rings is 1. The van der Waals surface area contributed by atoms with Crippen molar-refractivity contribution in [1.29, 1.82) is 0 Å². The zero-order valence-electron chi connectivity index (χ0n) is 12.1. The maximum absolute atomic E-state index is 12.3. The van der Waals surface area contributed by atoms with Crippen LogP contribution < -0.4 is 0 Å². The van der Waals surface area contributed by atoms with E-state index in [-0.39, 0.29) is 5.91 Å². The maximum Gasteiger partial charge on any atom is 0.224 e. The van der Waals surface area contributed by atoms with E-state index in [4.69, 9.17) is 11.6 Å². The van der Waals surface area contributed by atoms with Crippen molar-refractivity contribution in [2.45, 2.75) is 13.0 Å². The Labute approximate surface area is 129 Å². The molecule has 1 fully saturated rings. The van der Waals surface area contributed by atoms with Crippen molar-refractivity contribution < 1.29 is 4.79 Å². The van der Waals surface area contributed by atoms with Gasteiger partial charge in [-0.1, -0.05) is 23.7 Å². The summed E-state index contributed by atoms with van der Waals surface area (Å²) < 4.78 is 1.83. The summed E-state index contributed by atoms with van der Waals surface area (Å²) in [7, 11) is 2.08. The van der Waals surface area contributed by atoms with Gasteiger partial charge in [0.2, 0.25) is 5.91 Å². The van der Waals surface area contributed by atoms with Gasteiger partial charge in [-0.3, -0.25) is 9.48 Å². The van der Waals surface area contributed by atoms with Crippen molar-refractivity contribution >= 4 is 28.4 Å². The van der Waals surface area contributed by atoms with E-state index in [1.54, 1.807) is 0 Å². The summed E-state index contributed by atoms with van der Waals surface area (Å²) in [6.45, 7) is 4.09. The first-order valence-electron chi connectivity index (χ1n) is 7.22. The molecule has 0 bridgehead atoms. The van der Waals surface area contributed by atoms with E-state index in [1.165, 1.54) is 0 Å². The molecule has 112 valence electrons. The van der Waals surface area contributed by atoms with Crippen LogP contribution in [0.3, 0.4) is 0 Å². The predicted octanol–water partition coefficient (Wildman–Crippen LogP) is 1.85. The molecule has 0 atom stereocenters. The number of carbonyl (C=O) groups excluding carboxylic acids is 1. The lowest BCUT2D eigenvalue weighted by molar-refractivity contribution is -0.133. The Morgan fingerprint density at radius 1 is 1.24 bits per heavy atom. The van der Waals surface area contributed by atoms with Crippen molar-refractivity contribution in [2.75, 3.05) is 33.2 Å². The molecule has 0 spiro atoms. The number of para-hydroxylation sites is 1. The van der Waals surface area contributed by atoms with Crippen molar-refractivity contribution in [2.24, 2.45) is 0 Å². The van der Waals surface area contributed by atoms with Gasteiger partial charge in [-0.15, -0.1) is 0 Å². The summed E-state index contributed by atoms with van der Waals surface area (Å²) in [5.74, 6) is 0.193. The van der Waals surface area contributed by atoms with E-state index in [9.17, 15) is 4.79 Å². The van der Waals surface area contributed by atoms with Gasteiger partial charge in [-0.25, -0.2) is 0 Å². The Hall–Kier alpha value is -1.59. The fourth-order valence-electron chi connectivity index (χ4n) is 2.67. The third-order valence-electron chi connectivity index (χ3n) is 4.01. The highest BCUT2D eigenvalue weighted by molar-refractivity contribution is 6.34. The fraction of sp³-hybridized carbons (Fsp3) is 0.467. The highest BCUT2D eigenvalue weighted by atomic mass is 35.5. The molecule has 2 aromatic rings. The Kier molecular flexibility index (Phi) is 4.12. The largest absolute Gasteiger partial charge is 0.340 e. The van der Waals surface area contributed by atoms with Crippen LogP contribution in [-0.4, -0.2) is 58.7 Å². The van der Waals surface area contributed by atoms with Crippen LogP contribution in [0.15, 0.2) is 24.3 Å². The Morgan fingerprint density at radius 2 is 1.95 bits per heavy atom. The van der Waals surface area contributed by atoms with Crippen molar-refractivity contribution in [1.82, 2.24) is 19.6 Å². The molecule has 0 aliphatic carbocycles. The number of aromatic nitrogens is 2. The highest BCUT2D eigenvalue weighted by Crippen LogP contribution is 2.22. The van der Waals surface area contributed by atoms with Crippen LogP contribution in [0.25, 0.3) is 10.9 Å². The second kappa shape index (κ2) is 6.03. The third-order valence-corrected chi connectivity index (χ3v) is 4.29. The fourth-order valence-corrected chi connectivity index (χ4v) is 2.92. The van der Waals surface area contributed by atoms with Gasteiger partial charge in [-0.05, 0) is 19.2 Å². The quantitative estimate of drug-likeness (QED) is 0.869. The van der Waals surface area contributed by atoms with Crippen molar-refractivity contribution in [3.8, 4) is 0 Å². The second-order valence-corrected chi connectivity index (χ2v) is 5.82. The number of aryl methyl sites for hydroxylation is 1. The summed E-state index contributed by atoms with van der Waals surface area (Å²) in [6, 6.07) is 7.83. The summed E-state index contributed by atoms with van der Waals surface area (Å²) in [5, 5.41) is 5.76. The number of halogens is 1. The van der Waals surface area contributed by atoms with Gasteiger partial charge in [0.05, 0.1) is 12.1 Å². The summed E-state index contributed by atoms with van der Waals surface area (Å²) >= 11 is 6.12. The predicted molar refractivity (Wildman–Crippen MR) is 83.4 cm³/mol. The number of rotatable bonds is 3. The first kappa shape index (κ1) is 14.4. The maximum atomic E-state index is 12.3. The van der Waals surface area contributed by atoms with Gasteiger partial charge in [0.15, 0.2) is 5.15 Å². The van der Waals surface area contributed by atoms with Gasteiger partial charge in [-0.2, -0.15) is 5.10 Å². The molecule has 3 rings (SSSR count). The Morgan fingerprint density at radius 3 is 2.71 bits per heavy atom. The average Bonchev–Trinajstić information content (AvgIpc) is 2.83. The molecule has 0 radical (unpaired) electrons. The SMILES string of the molecule is CN1CCN(C(=O)CCn2nc(Cl)c3ccccc32)CC1. The van der Waals surface area contributed by atoms with Crippen LogP contribution >= 0.6 is 11.6 Å². The van der Waals surface area contributed by atoms with E-state index in [0.29, 0.717) is 18.1 Å². The van der Waals surface area contributed by atoms with Gasteiger partial charge in [0, 0.05) is 38.0 Å². The molecular formula is C15H19ClN4O. The molecule has 5 nitrogen and oxygen atoms in total. The zero-order valence-corrected chi connectivity index (χ0v) is 12.9. The molecule has 1 aromatic heterocycles. The van der Waals surface area contributed by atoms with Crippen LogP contribution in [0, 0.1) is 0 Å². The van der Waals surface area contributed by atoms with E-state index >= 15 is 0 Å². The number of amides is 1. The molecular weight excluding hydrogens is 288 g/mol. The van der Waals surface area contributed by atoms with Crippen molar-refractivity contribution in [3.05, 3.63) is 29.4 Å². The minimum Gasteiger partial charge on any atom is -0.340 e. The Balaban J connectivity index is 1.65. The smallest absolute Gasteiger partial charge is 0.224 e. The molecule has 0 unspecified atom stereocenters. The standard InChI is InChI=1S/C15H19ClN4O/c1-18-8-10-19(11-9-18)14(21)6-7-20-13-5-3-2-4-12(13)15(16)17-20/h2-5H,6-11H2,1H3. The van der Waals surface area contributed by atoms with Gasteiger partial charge >= 0.3 is 0 Å². The number of carbonyl (C=O) groups is 1. The van der Waals surface area contributed by atoms with E-state index in [1.807, 2.05) is 33.8 Å². The number of likely N-dealkylation sites (N-methyl/N-ethyl adjacent to an activating group) is 1. The first-order chi connectivity index (χ1) is 10.1. The van der Waals surface area contributed by atoms with E-state index < -0.39 is 0 Å². The van der Waals surface area contributed by atoms with Crippen LogP contribution in [0.4, 0.5) is 0 Å². The molecule has 1 aliphatic rings. The molecule has 6 heteroatoms. The summed E-state index contributed by atoms with van der Waals surface area (Å²) in [6.07, 6.45) is 0.464. The molecule has 2 heterocycles. The lowest BCUT2D eigenvalue weighted by Crippen LogP contribution is -2.47. The van der Waals surface area contributed by atoms with Crippen LogP contribution in [0.2, 0.25) is 5.15 Å². The highest BCUT2D eigenvalue weighted by Gasteiger charge is 2.19. The van der Waals surface area contributed by atoms with Crippen LogP contribution in [0.5, 0.6) is 0 Å². The lowest BCUT2D eigenvalue weighted by Gasteiger charge is -2.32. The molecule has 1 aliphatic heterocycles. The number of piperazine rings is 1. The van der Waals surface area contributed by atoms with E-state index in [2.05, 4.69) is 17.0 Å². The van der Waals surface area contributed by atoms with Gasteiger partial charge in [0.1, 0.15) is 0 Å². The lowest BCUT2D eigenvalue weighted by atomic mass is 10.2. The minimum absolute atomic E-state index is 0.193. The Bertz CT molecular complexity index is 646. The zero-order chi connectivity index (χ0) is 14.8. The van der Waals surface area contributed by atoms with E-state index in [0.717, 1.165) is 37.1 Å². The monoisotopic (exact) mass is 306 g/mol. The van der Waals surface area contributed by atoms with Crippen molar-refractivity contribution in [3.63, 3.8) is 0 Å². The normalized spacial score (nSPS) is 16.6. The molecule has 1 amide bonds. The molecule has 1 aromatic carbocycles. The first-order valence-corrected chi connectivity index (χ1v) is 7.60. The summed E-state index contributed by atoms with van der Waals surface area (Å²) in [4.78, 5) is 16.4. The average molecular weight is 307 g/mol. The molecule has 1 saturated heterocycles. The minimum atomic E-state index is 0.193. The third kappa shape index (κ3) is 3.04. The topological polar surface area (TPSA) is 41.4 Å². The molecule has 21 heavy (non-hydrogen) atoms. The summed E-state index contributed by atoms with van der Waals surface area (Å²) in [5.41, 5.74) is 0.980. The number of nitrogens with zero attached hydrogens (tertiary/aromatic N) is 4. The van der Waals surface area contributed by atoms with Crippen LogP contribution in [-0.2, 0) is 11.3 Å². The molecule has 0 N–H and O–H groups in total. The number of hydrogen-bond acceptors (Lipinski definition) is 3.